The number of benzene rings is 2. The molecule has 2 aromatic carbocycles. The van der Waals surface area contributed by atoms with Crippen molar-refractivity contribution in [3.63, 3.8) is 0 Å². The molecule has 7 nitrogen and oxygen atoms in total. The molecule has 34 heavy (non-hydrogen) atoms. The topological polar surface area (TPSA) is 62.3 Å². The summed E-state index contributed by atoms with van der Waals surface area (Å²) >= 11 is 0. The Kier molecular flexibility index (Phi) is 6.52. The lowest BCUT2D eigenvalue weighted by Gasteiger charge is -2.34. The molecule has 180 valence electrons. The van der Waals surface area contributed by atoms with Crippen molar-refractivity contribution in [3.05, 3.63) is 66.0 Å². The molecule has 5 rings (SSSR count). The quantitative estimate of drug-likeness (QED) is 0.691. The number of amides is 2. The van der Waals surface area contributed by atoms with Gasteiger partial charge in [-0.25, -0.2) is 9.18 Å². The number of likely N-dealkylation sites (tertiary alicyclic amines) is 1. The van der Waals surface area contributed by atoms with Crippen molar-refractivity contribution in [1.82, 2.24) is 9.80 Å². The van der Waals surface area contributed by atoms with Gasteiger partial charge in [0.25, 0.3) is 0 Å². The van der Waals surface area contributed by atoms with E-state index in [4.69, 9.17) is 9.47 Å². The molecule has 3 fully saturated rings. The molecular weight excluding hydrogens is 437 g/mol. The molecule has 2 amide bonds. The number of halogens is 1. The maximum Gasteiger partial charge on any atom is 0.415 e. The second-order valence-electron chi connectivity index (χ2n) is 9.44. The first-order valence-corrected chi connectivity index (χ1v) is 11.9. The van der Waals surface area contributed by atoms with Gasteiger partial charge in [0.05, 0.1) is 32.8 Å². The minimum atomic E-state index is -0.933. The summed E-state index contributed by atoms with van der Waals surface area (Å²) in [5.74, 6) is 0.200. The van der Waals surface area contributed by atoms with Crippen molar-refractivity contribution < 1.29 is 23.5 Å². The van der Waals surface area contributed by atoms with Gasteiger partial charge < -0.3 is 14.4 Å². The van der Waals surface area contributed by atoms with Gasteiger partial charge >= 0.3 is 6.09 Å². The molecule has 0 aliphatic carbocycles. The Morgan fingerprint density at radius 1 is 1.00 bits per heavy atom. The van der Waals surface area contributed by atoms with Crippen LogP contribution < -0.4 is 4.90 Å². The van der Waals surface area contributed by atoms with E-state index in [1.807, 2.05) is 6.07 Å². The summed E-state index contributed by atoms with van der Waals surface area (Å²) in [7, 11) is 0. The largest absolute Gasteiger partial charge is 0.436 e. The highest BCUT2D eigenvalue weighted by Crippen LogP contribution is 2.31. The molecule has 0 aromatic heterocycles. The summed E-state index contributed by atoms with van der Waals surface area (Å²) in [5, 5.41) is 0. The van der Waals surface area contributed by atoms with Crippen LogP contribution in [0.2, 0.25) is 0 Å². The third-order valence-electron chi connectivity index (χ3n) is 7.03. The van der Waals surface area contributed by atoms with Crippen LogP contribution in [0.15, 0.2) is 54.6 Å². The van der Waals surface area contributed by atoms with Crippen LogP contribution in [-0.4, -0.2) is 79.9 Å². The van der Waals surface area contributed by atoms with Crippen LogP contribution in [0.4, 0.5) is 14.9 Å². The molecule has 1 atom stereocenters. The van der Waals surface area contributed by atoms with Gasteiger partial charge in [0.15, 0.2) is 5.60 Å². The van der Waals surface area contributed by atoms with Crippen molar-refractivity contribution in [1.29, 1.82) is 0 Å². The lowest BCUT2D eigenvalue weighted by molar-refractivity contribution is -0.134. The highest BCUT2D eigenvalue weighted by atomic mass is 19.1. The van der Waals surface area contributed by atoms with Crippen LogP contribution in [0.5, 0.6) is 0 Å². The fraction of sp³-hybridized carbons (Fsp3) is 0.462. The standard InChI is InChI=1S/C26H30FN3O4/c27-22-6-8-23(9-7-22)30-18-26(34-25(30)32)17-29(14-15-33-19-26)24(31)16-28-12-10-21(11-13-28)20-4-2-1-3-5-20/h1-9,21H,10-19H2. The first-order valence-electron chi connectivity index (χ1n) is 11.9. The Morgan fingerprint density at radius 3 is 2.47 bits per heavy atom. The van der Waals surface area contributed by atoms with E-state index in [0.29, 0.717) is 31.3 Å². The second-order valence-corrected chi connectivity index (χ2v) is 9.44. The minimum absolute atomic E-state index is 0.0271. The Balaban J connectivity index is 1.19. The predicted molar refractivity (Wildman–Crippen MR) is 125 cm³/mol. The zero-order chi connectivity index (χ0) is 23.5. The average Bonchev–Trinajstić information content (AvgIpc) is 3.03. The number of anilines is 1. The van der Waals surface area contributed by atoms with E-state index in [-0.39, 0.29) is 31.4 Å². The van der Waals surface area contributed by atoms with E-state index >= 15 is 0 Å². The Labute approximate surface area is 199 Å². The molecule has 0 saturated carbocycles. The van der Waals surface area contributed by atoms with E-state index in [1.165, 1.54) is 22.6 Å². The zero-order valence-electron chi connectivity index (χ0n) is 19.2. The highest BCUT2D eigenvalue weighted by molar-refractivity contribution is 5.90. The molecule has 3 aliphatic heterocycles. The van der Waals surface area contributed by atoms with Crippen LogP contribution in [0.3, 0.4) is 0 Å². The highest BCUT2D eigenvalue weighted by Gasteiger charge is 2.49. The lowest BCUT2D eigenvalue weighted by atomic mass is 9.89. The summed E-state index contributed by atoms with van der Waals surface area (Å²) in [6.07, 6.45) is 1.57. The number of nitrogens with zero attached hydrogens (tertiary/aromatic N) is 3. The van der Waals surface area contributed by atoms with Gasteiger partial charge in [-0.15, -0.1) is 0 Å². The van der Waals surface area contributed by atoms with E-state index in [2.05, 4.69) is 29.2 Å². The van der Waals surface area contributed by atoms with Crippen molar-refractivity contribution in [2.75, 3.05) is 57.4 Å². The summed E-state index contributed by atoms with van der Waals surface area (Å²) in [5.41, 5.74) is 0.998. The zero-order valence-corrected chi connectivity index (χ0v) is 19.2. The van der Waals surface area contributed by atoms with Crippen molar-refractivity contribution in [2.24, 2.45) is 0 Å². The van der Waals surface area contributed by atoms with Gasteiger partial charge in [0, 0.05) is 12.2 Å². The molecule has 3 heterocycles. The predicted octanol–water partition coefficient (Wildman–Crippen LogP) is 3.26. The second kappa shape index (κ2) is 9.72. The SMILES string of the molecule is O=C(CN1CCC(c2ccccc2)CC1)N1CCOCC2(C1)CN(c1ccc(F)cc1)C(=O)O2. The first-order chi connectivity index (χ1) is 16.5. The maximum atomic E-state index is 13.3. The third-order valence-corrected chi connectivity index (χ3v) is 7.03. The number of hydrogen-bond acceptors (Lipinski definition) is 5. The van der Waals surface area contributed by atoms with Gasteiger partial charge in [-0.3, -0.25) is 14.6 Å². The summed E-state index contributed by atoms with van der Waals surface area (Å²) < 4.78 is 24.8. The van der Waals surface area contributed by atoms with Gasteiger partial charge in [-0.05, 0) is 61.7 Å². The molecule has 8 heteroatoms. The average molecular weight is 468 g/mol. The molecule has 3 saturated heterocycles. The van der Waals surface area contributed by atoms with Crippen LogP contribution >= 0.6 is 0 Å². The van der Waals surface area contributed by atoms with Crippen LogP contribution in [0.1, 0.15) is 24.3 Å². The summed E-state index contributed by atoms with van der Waals surface area (Å²) in [6.45, 7) is 3.75. The van der Waals surface area contributed by atoms with Gasteiger partial charge in [-0.2, -0.15) is 0 Å². The Hall–Kier alpha value is -2.97. The first kappa shape index (κ1) is 22.8. The molecule has 2 aromatic rings. The van der Waals surface area contributed by atoms with E-state index in [1.54, 1.807) is 17.0 Å². The molecule has 0 radical (unpaired) electrons. The van der Waals surface area contributed by atoms with Crippen molar-refractivity contribution >= 4 is 17.7 Å². The lowest BCUT2D eigenvalue weighted by Crippen LogP contribution is -2.51. The summed E-state index contributed by atoms with van der Waals surface area (Å²) in [6, 6.07) is 16.3. The van der Waals surface area contributed by atoms with Gasteiger partial charge in [0.1, 0.15) is 5.82 Å². The number of carbonyl (C=O) groups is 2. The van der Waals surface area contributed by atoms with Crippen molar-refractivity contribution in [3.8, 4) is 0 Å². The van der Waals surface area contributed by atoms with Gasteiger partial charge in [-0.1, -0.05) is 30.3 Å². The Bertz CT molecular complexity index is 1010. The van der Waals surface area contributed by atoms with Gasteiger partial charge in [0.2, 0.25) is 5.91 Å². The number of rotatable bonds is 4. The third kappa shape index (κ3) is 4.93. The number of carbonyl (C=O) groups excluding carboxylic acids is 2. The molecule has 1 spiro atoms. The van der Waals surface area contributed by atoms with E-state index in [0.717, 1.165) is 25.9 Å². The Morgan fingerprint density at radius 2 is 1.74 bits per heavy atom. The summed E-state index contributed by atoms with van der Waals surface area (Å²) in [4.78, 5) is 31.3. The fourth-order valence-electron chi connectivity index (χ4n) is 5.16. The monoisotopic (exact) mass is 467 g/mol. The van der Waals surface area contributed by atoms with Crippen LogP contribution in [0.25, 0.3) is 0 Å². The molecule has 1 unspecified atom stereocenters. The molecule has 0 N–H and O–H groups in total. The van der Waals surface area contributed by atoms with Crippen molar-refractivity contribution in [2.45, 2.75) is 24.4 Å². The normalized spacial score (nSPS) is 24.3. The van der Waals surface area contributed by atoms with Crippen LogP contribution in [-0.2, 0) is 14.3 Å². The number of piperidine rings is 1. The smallest absolute Gasteiger partial charge is 0.415 e. The molecule has 0 bridgehead atoms. The van der Waals surface area contributed by atoms with E-state index < -0.39 is 11.7 Å². The number of ether oxygens (including phenoxy) is 2. The number of hydrogen-bond donors (Lipinski definition) is 0. The molecule has 3 aliphatic rings. The maximum absolute atomic E-state index is 13.3. The fourth-order valence-corrected chi connectivity index (χ4v) is 5.16. The minimum Gasteiger partial charge on any atom is -0.436 e. The van der Waals surface area contributed by atoms with Crippen LogP contribution in [0, 0.1) is 5.82 Å². The van der Waals surface area contributed by atoms with E-state index in [9.17, 15) is 14.0 Å². The molecular formula is C26H30FN3O4.